The van der Waals surface area contributed by atoms with Gasteiger partial charge < -0.3 is 19.9 Å². The van der Waals surface area contributed by atoms with Crippen LogP contribution in [-0.4, -0.2) is 25.2 Å². The molecule has 0 atom stereocenters. The maximum atomic E-state index is 12.0. The Morgan fingerprint density at radius 1 is 1.05 bits per heavy atom. The molecule has 2 N–H and O–H groups in total. The third-order valence-electron chi connectivity index (χ3n) is 2.79. The van der Waals surface area contributed by atoms with Crippen molar-refractivity contribution < 1.29 is 19.4 Å². The van der Waals surface area contributed by atoms with E-state index in [1.807, 2.05) is 0 Å². The van der Waals surface area contributed by atoms with Crippen molar-refractivity contribution in [1.82, 2.24) is 0 Å². The highest BCUT2D eigenvalue weighted by Gasteiger charge is 2.12. The lowest BCUT2D eigenvalue weighted by molar-refractivity contribution is 0.102. The van der Waals surface area contributed by atoms with Gasteiger partial charge in [-0.25, -0.2) is 0 Å². The molecule has 0 aliphatic heterocycles. The minimum absolute atomic E-state index is 0.0644. The van der Waals surface area contributed by atoms with Crippen LogP contribution >= 0.6 is 0 Å². The van der Waals surface area contributed by atoms with Gasteiger partial charge in [-0.2, -0.15) is 0 Å². The van der Waals surface area contributed by atoms with Crippen molar-refractivity contribution in [2.75, 3.05) is 19.5 Å². The average molecular weight is 273 g/mol. The zero-order valence-electron chi connectivity index (χ0n) is 11.2. The highest BCUT2D eigenvalue weighted by atomic mass is 16.5. The summed E-state index contributed by atoms with van der Waals surface area (Å²) in [6, 6.07) is 11.4. The molecular formula is C15H15NO4. The molecule has 0 aromatic heterocycles. The maximum absolute atomic E-state index is 12.0. The first-order valence-electron chi connectivity index (χ1n) is 5.97. The highest BCUT2D eigenvalue weighted by molar-refractivity contribution is 6.06. The predicted octanol–water partition coefficient (Wildman–Crippen LogP) is 2.66. The van der Waals surface area contributed by atoms with Gasteiger partial charge in [0.05, 0.1) is 19.8 Å². The molecule has 0 heterocycles. The fourth-order valence-electron chi connectivity index (χ4n) is 1.78. The van der Waals surface area contributed by atoms with Gasteiger partial charge in [-0.15, -0.1) is 0 Å². The zero-order valence-corrected chi connectivity index (χ0v) is 11.2. The van der Waals surface area contributed by atoms with E-state index in [2.05, 4.69) is 5.32 Å². The molecule has 2 aromatic carbocycles. The summed E-state index contributed by atoms with van der Waals surface area (Å²) in [6.45, 7) is 0. The van der Waals surface area contributed by atoms with Gasteiger partial charge in [0, 0.05) is 11.8 Å². The maximum Gasteiger partial charge on any atom is 0.259 e. The number of rotatable bonds is 4. The fraction of sp³-hybridized carbons (Fsp3) is 0.133. The van der Waals surface area contributed by atoms with Crippen molar-refractivity contribution in [2.24, 2.45) is 0 Å². The van der Waals surface area contributed by atoms with Gasteiger partial charge in [0.25, 0.3) is 5.91 Å². The summed E-state index contributed by atoms with van der Waals surface area (Å²) >= 11 is 0. The molecule has 0 radical (unpaired) electrons. The fourth-order valence-corrected chi connectivity index (χ4v) is 1.78. The number of amides is 1. The normalized spacial score (nSPS) is 9.90. The van der Waals surface area contributed by atoms with Gasteiger partial charge >= 0.3 is 0 Å². The van der Waals surface area contributed by atoms with E-state index in [4.69, 9.17) is 9.47 Å². The van der Waals surface area contributed by atoms with Crippen LogP contribution in [0, 0.1) is 0 Å². The Morgan fingerprint density at radius 2 is 1.75 bits per heavy atom. The van der Waals surface area contributed by atoms with Gasteiger partial charge in [-0.05, 0) is 24.3 Å². The Balaban J connectivity index is 2.22. The topological polar surface area (TPSA) is 67.8 Å². The molecule has 0 saturated heterocycles. The molecule has 1 amide bonds. The first kappa shape index (κ1) is 13.7. The van der Waals surface area contributed by atoms with E-state index < -0.39 is 5.91 Å². The molecule has 2 rings (SSSR count). The molecule has 5 heteroatoms. The average Bonchev–Trinajstić information content (AvgIpc) is 2.47. The summed E-state index contributed by atoms with van der Waals surface area (Å²) in [5.41, 5.74) is 0.762. The number of hydrogen-bond acceptors (Lipinski definition) is 4. The number of anilines is 1. The summed E-state index contributed by atoms with van der Waals surface area (Å²) in [5, 5.41) is 12.3. The number of phenols is 1. The molecule has 20 heavy (non-hydrogen) atoms. The lowest BCUT2D eigenvalue weighted by Crippen LogP contribution is -2.12. The molecule has 0 bridgehead atoms. The van der Waals surface area contributed by atoms with Crippen molar-refractivity contribution >= 4 is 11.6 Å². The summed E-state index contributed by atoms with van der Waals surface area (Å²) in [7, 11) is 3.06. The molecule has 0 unspecified atom stereocenters. The van der Waals surface area contributed by atoms with Crippen LogP contribution in [0.5, 0.6) is 17.2 Å². The van der Waals surface area contributed by atoms with Crippen LogP contribution in [0.2, 0.25) is 0 Å². The van der Waals surface area contributed by atoms with Crippen molar-refractivity contribution in [3.8, 4) is 17.2 Å². The lowest BCUT2D eigenvalue weighted by atomic mass is 10.2. The summed E-state index contributed by atoms with van der Waals surface area (Å²) in [4.78, 5) is 12.0. The standard InChI is InChI=1S/C15H15NO4/c1-19-13-8-7-10(9-14(13)20-2)16-15(18)11-5-3-4-6-12(11)17/h3-9,17H,1-2H3,(H,16,18). The van der Waals surface area contributed by atoms with Crippen LogP contribution in [0.3, 0.4) is 0 Å². The van der Waals surface area contributed by atoms with Crippen LogP contribution in [0.25, 0.3) is 0 Å². The predicted molar refractivity (Wildman–Crippen MR) is 75.6 cm³/mol. The van der Waals surface area contributed by atoms with E-state index in [1.54, 1.807) is 36.4 Å². The number of aromatic hydroxyl groups is 1. The van der Waals surface area contributed by atoms with Gasteiger partial charge in [0.15, 0.2) is 11.5 Å². The van der Waals surface area contributed by atoms with Crippen molar-refractivity contribution in [3.05, 3.63) is 48.0 Å². The largest absolute Gasteiger partial charge is 0.507 e. The molecule has 0 aliphatic rings. The number of hydrogen-bond donors (Lipinski definition) is 2. The number of methoxy groups -OCH3 is 2. The number of nitrogens with one attached hydrogen (secondary N) is 1. The Hall–Kier alpha value is -2.69. The Kier molecular flexibility index (Phi) is 4.10. The number of benzene rings is 2. The van der Waals surface area contributed by atoms with E-state index in [0.29, 0.717) is 17.2 Å². The second-order valence-electron chi connectivity index (χ2n) is 4.04. The van der Waals surface area contributed by atoms with E-state index in [0.717, 1.165) is 0 Å². The molecule has 0 aliphatic carbocycles. The first-order chi connectivity index (χ1) is 9.65. The third kappa shape index (κ3) is 2.83. The zero-order chi connectivity index (χ0) is 14.5. The summed E-state index contributed by atoms with van der Waals surface area (Å²) in [5.74, 6) is 0.636. The number of phenolic OH excluding ortho intramolecular Hbond substituents is 1. The number of carbonyl (C=O) groups is 1. The Labute approximate surface area is 116 Å². The number of carbonyl (C=O) groups excluding carboxylic acids is 1. The number of para-hydroxylation sites is 1. The van der Waals surface area contributed by atoms with E-state index in [9.17, 15) is 9.90 Å². The van der Waals surface area contributed by atoms with Gasteiger partial charge in [0.2, 0.25) is 0 Å². The molecule has 0 saturated carbocycles. The molecule has 5 nitrogen and oxygen atoms in total. The van der Waals surface area contributed by atoms with Crippen molar-refractivity contribution in [1.29, 1.82) is 0 Å². The molecule has 0 fully saturated rings. The first-order valence-corrected chi connectivity index (χ1v) is 5.97. The minimum atomic E-state index is -0.393. The quantitative estimate of drug-likeness (QED) is 0.898. The van der Waals surface area contributed by atoms with Crippen LogP contribution < -0.4 is 14.8 Å². The third-order valence-corrected chi connectivity index (χ3v) is 2.79. The Morgan fingerprint density at radius 3 is 2.40 bits per heavy atom. The lowest BCUT2D eigenvalue weighted by Gasteiger charge is -2.11. The van der Waals surface area contributed by atoms with E-state index in [1.165, 1.54) is 20.3 Å². The molecule has 0 spiro atoms. The second kappa shape index (κ2) is 5.97. The van der Waals surface area contributed by atoms with Crippen LogP contribution in [0.15, 0.2) is 42.5 Å². The second-order valence-corrected chi connectivity index (χ2v) is 4.04. The van der Waals surface area contributed by atoms with Crippen LogP contribution in [-0.2, 0) is 0 Å². The van der Waals surface area contributed by atoms with Gasteiger partial charge in [-0.3, -0.25) is 4.79 Å². The smallest absolute Gasteiger partial charge is 0.259 e. The molecule has 104 valence electrons. The van der Waals surface area contributed by atoms with Crippen molar-refractivity contribution in [3.63, 3.8) is 0 Å². The van der Waals surface area contributed by atoms with Crippen LogP contribution in [0.4, 0.5) is 5.69 Å². The van der Waals surface area contributed by atoms with Crippen molar-refractivity contribution in [2.45, 2.75) is 0 Å². The number of ether oxygens (including phenoxy) is 2. The minimum Gasteiger partial charge on any atom is -0.507 e. The summed E-state index contributed by atoms with van der Waals surface area (Å²) < 4.78 is 10.3. The van der Waals surface area contributed by atoms with Gasteiger partial charge in [0.1, 0.15) is 5.75 Å². The van der Waals surface area contributed by atoms with Gasteiger partial charge in [-0.1, -0.05) is 12.1 Å². The van der Waals surface area contributed by atoms with Crippen LogP contribution in [0.1, 0.15) is 10.4 Å². The summed E-state index contributed by atoms with van der Waals surface area (Å²) in [6.07, 6.45) is 0. The SMILES string of the molecule is COc1ccc(NC(=O)c2ccccc2O)cc1OC. The molecule has 2 aromatic rings. The van der Waals surface area contributed by atoms with E-state index >= 15 is 0 Å². The molecular weight excluding hydrogens is 258 g/mol. The monoisotopic (exact) mass is 273 g/mol. The van der Waals surface area contributed by atoms with E-state index in [-0.39, 0.29) is 11.3 Å². The highest BCUT2D eigenvalue weighted by Crippen LogP contribution is 2.30. The Bertz CT molecular complexity index is 625.